The van der Waals surface area contributed by atoms with E-state index in [2.05, 4.69) is 17.4 Å². The van der Waals surface area contributed by atoms with Crippen LogP contribution in [0, 0.1) is 0 Å². The molecule has 3 heteroatoms. The third-order valence-electron chi connectivity index (χ3n) is 1.75. The van der Waals surface area contributed by atoms with E-state index >= 15 is 0 Å². The van der Waals surface area contributed by atoms with E-state index in [4.69, 9.17) is 0 Å². The molecule has 1 aromatic rings. The van der Waals surface area contributed by atoms with E-state index in [1.807, 2.05) is 30.3 Å². The maximum atomic E-state index is 11.0. The Kier molecular flexibility index (Phi) is 3.83. The molecule has 0 bridgehead atoms. The molecule has 0 aliphatic rings. The highest BCUT2D eigenvalue weighted by Crippen LogP contribution is 2.08. The van der Waals surface area contributed by atoms with Crippen molar-refractivity contribution < 1.29 is 9.53 Å². The number of thiol groups is 1. The maximum Gasteiger partial charge on any atom is 0.318 e. The minimum absolute atomic E-state index is 0.285. The lowest BCUT2D eigenvalue weighted by Crippen LogP contribution is -2.18. The van der Waals surface area contributed by atoms with E-state index < -0.39 is 0 Å². The van der Waals surface area contributed by atoms with Gasteiger partial charge in [-0.05, 0) is 12.0 Å². The summed E-state index contributed by atoms with van der Waals surface area (Å²) in [6.45, 7) is 0. The van der Waals surface area contributed by atoms with Crippen molar-refractivity contribution in [2.45, 2.75) is 11.7 Å². The SMILES string of the molecule is COC(=O)C(S)Cc1ccccc1. The van der Waals surface area contributed by atoms with Gasteiger partial charge in [-0.2, -0.15) is 12.6 Å². The number of esters is 1. The lowest BCUT2D eigenvalue weighted by molar-refractivity contribution is -0.139. The number of carbonyl (C=O) groups excluding carboxylic acids is 1. The predicted molar refractivity (Wildman–Crippen MR) is 54.9 cm³/mol. The Morgan fingerprint density at radius 3 is 2.62 bits per heavy atom. The Bertz CT molecular complexity index is 272. The molecule has 2 nitrogen and oxygen atoms in total. The standard InChI is InChI=1S/C10H12O2S/c1-12-10(11)9(13)7-8-5-3-2-4-6-8/h2-6,9,13H,7H2,1H3. The van der Waals surface area contributed by atoms with E-state index in [0.29, 0.717) is 6.42 Å². The molecule has 1 aromatic carbocycles. The van der Waals surface area contributed by atoms with Gasteiger partial charge in [0.2, 0.25) is 0 Å². The second-order valence-electron chi connectivity index (χ2n) is 2.73. The molecule has 0 saturated heterocycles. The molecule has 13 heavy (non-hydrogen) atoms. The zero-order valence-corrected chi connectivity index (χ0v) is 8.33. The van der Waals surface area contributed by atoms with Crippen molar-refractivity contribution >= 4 is 18.6 Å². The Labute approximate surface area is 83.3 Å². The molecule has 0 saturated carbocycles. The van der Waals surface area contributed by atoms with E-state index in [1.54, 1.807) is 0 Å². The molecular formula is C10H12O2S. The number of ether oxygens (including phenoxy) is 1. The Morgan fingerprint density at radius 1 is 1.46 bits per heavy atom. The summed E-state index contributed by atoms with van der Waals surface area (Å²) >= 11 is 4.14. The lowest BCUT2D eigenvalue weighted by atomic mass is 10.1. The van der Waals surface area contributed by atoms with Crippen LogP contribution in [0.25, 0.3) is 0 Å². The number of rotatable bonds is 3. The average molecular weight is 196 g/mol. The summed E-state index contributed by atoms with van der Waals surface area (Å²) in [5.41, 5.74) is 1.09. The van der Waals surface area contributed by atoms with Gasteiger partial charge in [0, 0.05) is 0 Å². The van der Waals surface area contributed by atoms with E-state index in [0.717, 1.165) is 5.56 Å². The van der Waals surface area contributed by atoms with Crippen molar-refractivity contribution in [3.05, 3.63) is 35.9 Å². The molecular weight excluding hydrogens is 184 g/mol. The van der Waals surface area contributed by atoms with Crippen molar-refractivity contribution in [3.8, 4) is 0 Å². The maximum absolute atomic E-state index is 11.0. The van der Waals surface area contributed by atoms with Crippen LogP contribution in [0.5, 0.6) is 0 Å². The number of hydrogen-bond donors (Lipinski definition) is 1. The first kappa shape index (κ1) is 10.1. The zero-order chi connectivity index (χ0) is 9.68. The molecule has 1 unspecified atom stereocenters. The molecule has 0 N–H and O–H groups in total. The highest BCUT2D eigenvalue weighted by molar-refractivity contribution is 7.81. The fraction of sp³-hybridized carbons (Fsp3) is 0.300. The summed E-state index contributed by atoms with van der Waals surface area (Å²) in [4.78, 5) is 11.0. The molecule has 70 valence electrons. The first-order valence-corrected chi connectivity index (χ1v) is 4.55. The topological polar surface area (TPSA) is 26.3 Å². The number of benzene rings is 1. The van der Waals surface area contributed by atoms with Gasteiger partial charge in [0.25, 0.3) is 0 Å². The van der Waals surface area contributed by atoms with Gasteiger partial charge in [-0.3, -0.25) is 4.79 Å². The van der Waals surface area contributed by atoms with Gasteiger partial charge in [-0.25, -0.2) is 0 Å². The van der Waals surface area contributed by atoms with Gasteiger partial charge < -0.3 is 4.74 Å². The van der Waals surface area contributed by atoms with E-state index in [9.17, 15) is 4.79 Å². The van der Waals surface area contributed by atoms with E-state index in [1.165, 1.54) is 7.11 Å². The average Bonchev–Trinajstić information content (AvgIpc) is 2.18. The molecule has 0 aromatic heterocycles. The smallest absolute Gasteiger partial charge is 0.318 e. The third kappa shape index (κ3) is 3.11. The van der Waals surface area contributed by atoms with Crippen LogP contribution in [0.4, 0.5) is 0 Å². The molecule has 0 radical (unpaired) electrons. The van der Waals surface area contributed by atoms with Crippen LogP contribution < -0.4 is 0 Å². The highest BCUT2D eigenvalue weighted by atomic mass is 32.1. The first-order valence-electron chi connectivity index (χ1n) is 4.04. The second kappa shape index (κ2) is 4.92. The second-order valence-corrected chi connectivity index (χ2v) is 3.35. The van der Waals surface area contributed by atoms with Gasteiger partial charge in [0.1, 0.15) is 5.25 Å². The van der Waals surface area contributed by atoms with Crippen LogP contribution in [0.2, 0.25) is 0 Å². The zero-order valence-electron chi connectivity index (χ0n) is 7.43. The molecule has 0 spiro atoms. The Morgan fingerprint density at radius 2 is 2.08 bits per heavy atom. The van der Waals surface area contributed by atoms with Gasteiger partial charge in [0.15, 0.2) is 0 Å². The van der Waals surface area contributed by atoms with Crippen molar-refractivity contribution in [3.63, 3.8) is 0 Å². The monoisotopic (exact) mass is 196 g/mol. The van der Waals surface area contributed by atoms with Gasteiger partial charge >= 0.3 is 5.97 Å². The van der Waals surface area contributed by atoms with Crippen molar-refractivity contribution in [1.82, 2.24) is 0 Å². The fourth-order valence-corrected chi connectivity index (χ4v) is 1.37. The van der Waals surface area contributed by atoms with E-state index in [-0.39, 0.29) is 11.2 Å². The quantitative estimate of drug-likeness (QED) is 0.588. The summed E-state index contributed by atoms with van der Waals surface area (Å²) < 4.78 is 4.57. The summed E-state index contributed by atoms with van der Waals surface area (Å²) in [6.07, 6.45) is 0.608. The summed E-state index contributed by atoms with van der Waals surface area (Å²) in [7, 11) is 1.37. The molecule has 1 rings (SSSR count). The first-order chi connectivity index (χ1) is 6.24. The van der Waals surface area contributed by atoms with Crippen LogP contribution in [-0.2, 0) is 16.0 Å². The lowest BCUT2D eigenvalue weighted by Gasteiger charge is -2.07. The van der Waals surface area contributed by atoms with Crippen molar-refractivity contribution in [2.24, 2.45) is 0 Å². The van der Waals surface area contributed by atoms with Crippen molar-refractivity contribution in [2.75, 3.05) is 7.11 Å². The van der Waals surface area contributed by atoms with Crippen LogP contribution in [0.1, 0.15) is 5.56 Å². The van der Waals surface area contributed by atoms with Crippen LogP contribution in [0.15, 0.2) is 30.3 Å². The van der Waals surface area contributed by atoms with Crippen LogP contribution >= 0.6 is 12.6 Å². The third-order valence-corrected chi connectivity index (χ3v) is 2.14. The largest absolute Gasteiger partial charge is 0.468 e. The molecule has 0 aliphatic carbocycles. The number of carbonyl (C=O) groups is 1. The molecule has 0 amide bonds. The predicted octanol–water partition coefficient (Wildman–Crippen LogP) is 1.70. The summed E-state index contributed by atoms with van der Waals surface area (Å²) in [5.74, 6) is -0.285. The molecule has 0 heterocycles. The van der Waals surface area contributed by atoms with Crippen LogP contribution in [0.3, 0.4) is 0 Å². The Hall–Kier alpha value is -0.960. The highest BCUT2D eigenvalue weighted by Gasteiger charge is 2.13. The number of hydrogen-bond acceptors (Lipinski definition) is 3. The van der Waals surface area contributed by atoms with Gasteiger partial charge in [-0.15, -0.1) is 0 Å². The van der Waals surface area contributed by atoms with Gasteiger partial charge in [-0.1, -0.05) is 30.3 Å². The summed E-state index contributed by atoms with van der Waals surface area (Å²) in [5, 5.41) is -0.368. The Balaban J connectivity index is 2.55. The minimum Gasteiger partial charge on any atom is -0.468 e. The number of methoxy groups -OCH3 is 1. The fourth-order valence-electron chi connectivity index (χ4n) is 1.06. The van der Waals surface area contributed by atoms with Crippen molar-refractivity contribution in [1.29, 1.82) is 0 Å². The molecule has 0 aliphatic heterocycles. The molecule has 0 fully saturated rings. The van der Waals surface area contributed by atoms with Gasteiger partial charge in [0.05, 0.1) is 7.11 Å². The molecule has 1 atom stereocenters. The normalized spacial score (nSPS) is 12.2. The van der Waals surface area contributed by atoms with Crippen LogP contribution in [-0.4, -0.2) is 18.3 Å². The summed E-state index contributed by atoms with van der Waals surface area (Å²) in [6, 6.07) is 9.74. The minimum atomic E-state index is -0.368.